The maximum Gasteiger partial charge on any atom is 0.346 e. The fourth-order valence-electron chi connectivity index (χ4n) is 2.44. The predicted octanol–water partition coefficient (Wildman–Crippen LogP) is 7.94. The van der Waals surface area contributed by atoms with Crippen molar-refractivity contribution in [1.82, 2.24) is 0 Å². The number of carbonyl (C=O) groups excluding carboxylic acids is 2. The lowest BCUT2D eigenvalue weighted by molar-refractivity contribution is -0.141. The van der Waals surface area contributed by atoms with Crippen LogP contribution in [-0.2, 0) is 19.1 Å². The van der Waals surface area contributed by atoms with E-state index in [-0.39, 0.29) is 0 Å². The zero-order chi connectivity index (χ0) is 26.9. The first-order valence-electron chi connectivity index (χ1n) is 12.2. The highest BCUT2D eigenvalue weighted by molar-refractivity contribution is 8.34. The first-order chi connectivity index (χ1) is 16.8. The Hall–Kier alpha value is -0.886. The number of ether oxygens (including phenoxy) is 2. The standard InChI is InChI=1S/C26H36O4S4Si2/c1-9-11-15-29-23(27)21-22(24(28)30-16-12-10-2)34-26(33-21)25-31-19(13-17-35(3,4)5)20(32-25)14-18-36(6,7)8/h9-12,15-16H2,1-8H3. The van der Waals surface area contributed by atoms with Gasteiger partial charge in [0, 0.05) is 0 Å². The van der Waals surface area contributed by atoms with E-state index in [0.29, 0.717) is 23.0 Å². The molecule has 0 aromatic rings. The summed E-state index contributed by atoms with van der Waals surface area (Å²) in [5.74, 6) is 5.87. The van der Waals surface area contributed by atoms with E-state index in [1.54, 1.807) is 23.5 Å². The van der Waals surface area contributed by atoms with Crippen LogP contribution >= 0.6 is 47.0 Å². The molecule has 0 fully saturated rings. The first-order valence-corrected chi connectivity index (χ1v) is 22.5. The normalized spacial score (nSPS) is 16.0. The van der Waals surface area contributed by atoms with Gasteiger partial charge in [0.15, 0.2) is 0 Å². The topological polar surface area (TPSA) is 52.6 Å². The van der Waals surface area contributed by atoms with Crippen LogP contribution in [0.3, 0.4) is 0 Å². The molecule has 0 spiro atoms. The highest BCUT2D eigenvalue weighted by Crippen LogP contribution is 2.60. The number of rotatable bonds is 8. The van der Waals surface area contributed by atoms with Crippen LogP contribution in [0.25, 0.3) is 0 Å². The molecule has 196 valence electrons. The summed E-state index contributed by atoms with van der Waals surface area (Å²) in [6.45, 7) is 18.1. The SMILES string of the molecule is CCCCOC(=O)C1=C(C(=O)OCCCC)SC(=C2SC(C#C[Si](C)(C)C)=C(C#C[Si](C)(C)C)S2)S1. The Bertz CT molecular complexity index is 1010. The summed E-state index contributed by atoms with van der Waals surface area (Å²) in [6, 6.07) is 0. The molecule has 0 N–H and O–H groups in total. The molecule has 0 aliphatic carbocycles. The van der Waals surface area contributed by atoms with Gasteiger partial charge in [0.1, 0.15) is 26.0 Å². The maximum atomic E-state index is 12.9. The monoisotopic (exact) mass is 596 g/mol. The van der Waals surface area contributed by atoms with Crippen LogP contribution < -0.4 is 0 Å². The van der Waals surface area contributed by atoms with Crippen LogP contribution in [0.1, 0.15) is 39.5 Å². The van der Waals surface area contributed by atoms with E-state index in [1.165, 1.54) is 23.5 Å². The Morgan fingerprint density at radius 3 is 1.36 bits per heavy atom. The number of thioether (sulfide) groups is 4. The van der Waals surface area contributed by atoms with Gasteiger partial charge in [0.2, 0.25) is 0 Å². The Balaban J connectivity index is 2.37. The molecule has 2 heterocycles. The van der Waals surface area contributed by atoms with Crippen molar-refractivity contribution in [3.63, 3.8) is 0 Å². The van der Waals surface area contributed by atoms with Gasteiger partial charge in [0.25, 0.3) is 0 Å². The van der Waals surface area contributed by atoms with Gasteiger partial charge in [-0.25, -0.2) is 9.59 Å². The van der Waals surface area contributed by atoms with Gasteiger partial charge < -0.3 is 9.47 Å². The molecule has 0 bridgehead atoms. The lowest BCUT2D eigenvalue weighted by Gasteiger charge is -2.06. The minimum absolute atomic E-state index is 0.317. The molecular formula is C26H36O4S4Si2. The zero-order valence-electron chi connectivity index (χ0n) is 22.5. The molecule has 0 aromatic carbocycles. The molecule has 4 nitrogen and oxygen atoms in total. The molecule has 2 rings (SSSR count). The molecule has 0 saturated heterocycles. The van der Waals surface area contributed by atoms with Crippen LogP contribution in [0, 0.1) is 22.9 Å². The third kappa shape index (κ3) is 10.5. The summed E-state index contributed by atoms with van der Waals surface area (Å²) in [6.07, 6.45) is 3.43. The molecule has 0 saturated carbocycles. The van der Waals surface area contributed by atoms with Crippen LogP contribution in [0.2, 0.25) is 39.3 Å². The number of carbonyl (C=O) groups is 2. The minimum atomic E-state index is -1.57. The predicted molar refractivity (Wildman–Crippen MR) is 165 cm³/mol. The molecule has 0 aromatic heterocycles. The number of esters is 2. The first kappa shape index (κ1) is 31.3. The molecule has 0 amide bonds. The Kier molecular flexibility index (Phi) is 12.5. The maximum absolute atomic E-state index is 12.9. The van der Waals surface area contributed by atoms with Crippen molar-refractivity contribution in [3.05, 3.63) is 28.1 Å². The van der Waals surface area contributed by atoms with E-state index >= 15 is 0 Å². The second kappa shape index (κ2) is 14.3. The summed E-state index contributed by atoms with van der Waals surface area (Å²) in [5.41, 5.74) is 6.92. The van der Waals surface area contributed by atoms with Crippen molar-refractivity contribution in [2.45, 2.75) is 78.8 Å². The summed E-state index contributed by atoms with van der Waals surface area (Å²) in [4.78, 5) is 28.3. The number of unbranched alkanes of at least 4 members (excludes halogenated alkanes) is 2. The van der Waals surface area contributed by atoms with Gasteiger partial charge in [0.05, 0.1) is 31.5 Å². The molecule has 2 aliphatic heterocycles. The molecule has 0 atom stereocenters. The van der Waals surface area contributed by atoms with Gasteiger partial charge in [-0.15, -0.1) is 11.1 Å². The van der Waals surface area contributed by atoms with E-state index in [9.17, 15) is 9.59 Å². The lowest BCUT2D eigenvalue weighted by atomic mass is 10.3. The van der Waals surface area contributed by atoms with E-state index in [1.807, 2.05) is 13.8 Å². The van der Waals surface area contributed by atoms with E-state index in [4.69, 9.17) is 9.47 Å². The van der Waals surface area contributed by atoms with Crippen molar-refractivity contribution in [2.24, 2.45) is 0 Å². The highest BCUT2D eigenvalue weighted by atomic mass is 32.2. The average Bonchev–Trinajstić information content (AvgIpc) is 3.40. The van der Waals surface area contributed by atoms with Crippen LogP contribution in [0.5, 0.6) is 0 Å². The van der Waals surface area contributed by atoms with Gasteiger partial charge in [-0.2, -0.15) is 0 Å². The van der Waals surface area contributed by atoms with Crippen molar-refractivity contribution in [2.75, 3.05) is 13.2 Å². The third-order valence-corrected chi connectivity index (χ3v) is 11.5. The lowest BCUT2D eigenvalue weighted by Crippen LogP contribution is -2.16. The molecule has 10 heteroatoms. The molecular weight excluding hydrogens is 561 g/mol. The van der Waals surface area contributed by atoms with Crippen LogP contribution in [0.4, 0.5) is 0 Å². The molecule has 0 radical (unpaired) electrons. The zero-order valence-corrected chi connectivity index (χ0v) is 27.8. The Labute approximate surface area is 236 Å². The smallest absolute Gasteiger partial charge is 0.346 e. The molecule has 36 heavy (non-hydrogen) atoms. The van der Waals surface area contributed by atoms with Gasteiger partial charge >= 0.3 is 11.9 Å². The Morgan fingerprint density at radius 2 is 1.03 bits per heavy atom. The van der Waals surface area contributed by atoms with Crippen molar-refractivity contribution < 1.29 is 19.1 Å². The number of hydrogen-bond donors (Lipinski definition) is 0. The van der Waals surface area contributed by atoms with Crippen molar-refractivity contribution in [1.29, 1.82) is 0 Å². The van der Waals surface area contributed by atoms with E-state index < -0.39 is 28.1 Å². The second-order valence-electron chi connectivity index (χ2n) is 10.3. The minimum Gasteiger partial charge on any atom is -0.462 e. The van der Waals surface area contributed by atoms with Crippen LogP contribution in [-0.4, -0.2) is 41.3 Å². The summed E-state index contributed by atoms with van der Waals surface area (Å²) in [5, 5.41) is 0. The van der Waals surface area contributed by atoms with Gasteiger partial charge in [-0.05, 0) is 12.8 Å². The summed E-state index contributed by atoms with van der Waals surface area (Å²) < 4.78 is 12.8. The number of allylic oxidation sites excluding steroid dienone is 2. The van der Waals surface area contributed by atoms with Crippen molar-refractivity contribution >= 4 is 75.1 Å². The van der Waals surface area contributed by atoms with Gasteiger partial charge in [-0.3, -0.25) is 0 Å². The third-order valence-electron chi connectivity index (χ3n) is 4.29. The fourth-order valence-corrected chi connectivity index (χ4v) is 8.65. The van der Waals surface area contributed by atoms with Gasteiger partial charge in [-0.1, -0.05) is 125 Å². The molecule has 2 aliphatic rings. The van der Waals surface area contributed by atoms with E-state index in [0.717, 1.165) is 44.0 Å². The average molecular weight is 597 g/mol. The summed E-state index contributed by atoms with van der Waals surface area (Å²) >= 11 is 5.78. The summed E-state index contributed by atoms with van der Waals surface area (Å²) in [7, 11) is -3.13. The largest absolute Gasteiger partial charge is 0.462 e. The van der Waals surface area contributed by atoms with Crippen LogP contribution in [0.15, 0.2) is 28.1 Å². The fraction of sp³-hybridized carbons (Fsp3) is 0.538. The quantitative estimate of drug-likeness (QED) is 0.121. The van der Waals surface area contributed by atoms with E-state index in [2.05, 4.69) is 62.2 Å². The number of hydrogen-bond acceptors (Lipinski definition) is 8. The Morgan fingerprint density at radius 1 is 0.667 bits per heavy atom. The molecule has 0 unspecified atom stereocenters. The second-order valence-corrected chi connectivity index (χ2v) is 24.4. The highest BCUT2D eigenvalue weighted by Gasteiger charge is 2.36. The van der Waals surface area contributed by atoms with Crippen molar-refractivity contribution in [3.8, 4) is 22.9 Å².